The Kier molecular flexibility index (Phi) is 4.89. The van der Waals surface area contributed by atoms with E-state index in [4.69, 9.17) is 5.73 Å². The van der Waals surface area contributed by atoms with E-state index in [2.05, 4.69) is 4.90 Å². The average molecular weight is 294 g/mol. The maximum atomic E-state index is 13.4. The summed E-state index contributed by atoms with van der Waals surface area (Å²) in [6.45, 7) is 7.70. The van der Waals surface area contributed by atoms with Crippen LogP contribution < -0.4 is 10.6 Å². The van der Waals surface area contributed by atoms with E-state index in [0.717, 1.165) is 31.6 Å². The van der Waals surface area contributed by atoms with Gasteiger partial charge in [-0.25, -0.2) is 4.39 Å². The Bertz CT molecular complexity index is 472. The Morgan fingerprint density at radius 2 is 2.10 bits per heavy atom. The van der Waals surface area contributed by atoms with Crippen molar-refractivity contribution in [2.75, 3.05) is 18.0 Å². The highest BCUT2D eigenvalue weighted by atomic mass is 19.1. The summed E-state index contributed by atoms with van der Waals surface area (Å²) in [5.41, 5.74) is 6.91. The molecule has 3 nitrogen and oxygen atoms in total. The lowest BCUT2D eigenvalue weighted by Gasteiger charge is -2.40. The first-order valence-corrected chi connectivity index (χ1v) is 7.70. The van der Waals surface area contributed by atoms with Gasteiger partial charge in [-0.3, -0.25) is 0 Å². The van der Waals surface area contributed by atoms with Crippen molar-refractivity contribution in [3.63, 3.8) is 0 Å². The second-order valence-corrected chi connectivity index (χ2v) is 7.36. The minimum Gasteiger partial charge on any atom is -0.393 e. The molecule has 1 heterocycles. The van der Waals surface area contributed by atoms with Crippen molar-refractivity contribution in [2.45, 2.75) is 45.8 Å². The van der Waals surface area contributed by atoms with Gasteiger partial charge in [-0.2, -0.15) is 0 Å². The van der Waals surface area contributed by atoms with Gasteiger partial charge in [0.25, 0.3) is 0 Å². The SMILES string of the molecule is CC(C)(C)C(O)CC1CC(N)CN(c2cccc(F)c2)C1. The third kappa shape index (κ3) is 4.42. The number of piperidine rings is 1. The van der Waals surface area contributed by atoms with Crippen molar-refractivity contribution in [1.82, 2.24) is 0 Å². The zero-order valence-corrected chi connectivity index (χ0v) is 13.2. The highest BCUT2D eigenvalue weighted by molar-refractivity contribution is 5.47. The van der Waals surface area contributed by atoms with Gasteiger partial charge in [0, 0.05) is 24.8 Å². The fourth-order valence-electron chi connectivity index (χ4n) is 2.97. The minimum atomic E-state index is -0.345. The van der Waals surface area contributed by atoms with Crippen LogP contribution in [0.5, 0.6) is 0 Å². The number of rotatable bonds is 3. The summed E-state index contributed by atoms with van der Waals surface area (Å²) in [5.74, 6) is 0.115. The fraction of sp³-hybridized carbons (Fsp3) is 0.647. The summed E-state index contributed by atoms with van der Waals surface area (Å²) in [4.78, 5) is 2.14. The summed E-state index contributed by atoms with van der Waals surface area (Å²) in [6, 6.07) is 6.71. The molecule has 0 saturated carbocycles. The standard InChI is InChI=1S/C17H27FN2O/c1-17(2,3)16(21)8-12-7-14(19)11-20(10-12)15-6-4-5-13(18)9-15/h4-6,9,12,14,16,21H,7-8,10-11,19H2,1-3H3. The third-order valence-electron chi connectivity index (χ3n) is 4.30. The zero-order valence-electron chi connectivity index (χ0n) is 13.2. The molecule has 1 aliphatic heterocycles. The summed E-state index contributed by atoms with van der Waals surface area (Å²) < 4.78 is 13.4. The first kappa shape index (κ1) is 16.2. The maximum Gasteiger partial charge on any atom is 0.125 e. The summed E-state index contributed by atoms with van der Waals surface area (Å²) in [5, 5.41) is 10.3. The summed E-state index contributed by atoms with van der Waals surface area (Å²) >= 11 is 0. The van der Waals surface area contributed by atoms with E-state index in [0.29, 0.717) is 5.92 Å². The zero-order chi connectivity index (χ0) is 15.6. The smallest absolute Gasteiger partial charge is 0.125 e. The van der Waals surface area contributed by atoms with Crippen LogP contribution in [0.25, 0.3) is 0 Å². The number of anilines is 1. The summed E-state index contributed by atoms with van der Waals surface area (Å²) in [6.07, 6.45) is 1.31. The van der Waals surface area contributed by atoms with Gasteiger partial charge in [-0.1, -0.05) is 26.8 Å². The number of benzene rings is 1. The molecule has 21 heavy (non-hydrogen) atoms. The minimum absolute atomic E-state index is 0.0687. The first-order chi connectivity index (χ1) is 9.75. The van der Waals surface area contributed by atoms with Gasteiger partial charge in [0.15, 0.2) is 0 Å². The van der Waals surface area contributed by atoms with Crippen LogP contribution in [-0.2, 0) is 0 Å². The summed E-state index contributed by atoms with van der Waals surface area (Å²) in [7, 11) is 0. The first-order valence-electron chi connectivity index (χ1n) is 7.70. The number of nitrogens with zero attached hydrogens (tertiary/aromatic N) is 1. The fourth-order valence-corrected chi connectivity index (χ4v) is 2.97. The van der Waals surface area contributed by atoms with E-state index in [1.54, 1.807) is 12.1 Å². The van der Waals surface area contributed by atoms with Gasteiger partial charge in [0.05, 0.1) is 6.10 Å². The number of aliphatic hydroxyl groups excluding tert-OH is 1. The molecule has 4 heteroatoms. The van der Waals surface area contributed by atoms with Crippen molar-refractivity contribution in [3.05, 3.63) is 30.1 Å². The van der Waals surface area contributed by atoms with Crippen molar-refractivity contribution in [3.8, 4) is 0 Å². The van der Waals surface area contributed by atoms with E-state index in [9.17, 15) is 9.50 Å². The van der Waals surface area contributed by atoms with Gasteiger partial charge in [-0.05, 0) is 42.4 Å². The second-order valence-electron chi connectivity index (χ2n) is 7.36. The normalized spacial score (nSPS) is 25.0. The highest BCUT2D eigenvalue weighted by Gasteiger charge is 2.30. The van der Waals surface area contributed by atoms with Crippen LogP contribution in [0.15, 0.2) is 24.3 Å². The highest BCUT2D eigenvalue weighted by Crippen LogP contribution is 2.30. The van der Waals surface area contributed by atoms with Gasteiger partial charge < -0.3 is 15.7 Å². The van der Waals surface area contributed by atoms with Crippen LogP contribution in [0, 0.1) is 17.2 Å². The number of aliphatic hydroxyl groups is 1. The largest absolute Gasteiger partial charge is 0.393 e. The van der Waals surface area contributed by atoms with Crippen LogP contribution in [0.4, 0.5) is 10.1 Å². The Hall–Kier alpha value is -1.13. The van der Waals surface area contributed by atoms with E-state index in [-0.39, 0.29) is 23.4 Å². The molecule has 1 aliphatic rings. The number of hydrogen-bond acceptors (Lipinski definition) is 3. The number of halogens is 1. The van der Waals surface area contributed by atoms with Crippen molar-refractivity contribution in [1.29, 1.82) is 0 Å². The van der Waals surface area contributed by atoms with Crippen molar-refractivity contribution in [2.24, 2.45) is 17.1 Å². The molecule has 118 valence electrons. The molecule has 1 saturated heterocycles. The second kappa shape index (κ2) is 6.32. The Labute approximate surface area is 126 Å². The van der Waals surface area contributed by atoms with E-state index >= 15 is 0 Å². The molecule has 1 aromatic carbocycles. The predicted molar refractivity (Wildman–Crippen MR) is 84.8 cm³/mol. The lowest BCUT2D eigenvalue weighted by molar-refractivity contribution is 0.0381. The molecular weight excluding hydrogens is 267 g/mol. The molecule has 1 fully saturated rings. The van der Waals surface area contributed by atoms with Crippen LogP contribution in [0.1, 0.15) is 33.6 Å². The molecule has 0 bridgehead atoms. The Balaban J connectivity index is 2.06. The Morgan fingerprint density at radius 3 is 2.71 bits per heavy atom. The lowest BCUT2D eigenvalue weighted by Crippen LogP contribution is -2.48. The van der Waals surface area contributed by atoms with Gasteiger partial charge >= 0.3 is 0 Å². The molecule has 3 unspecified atom stereocenters. The van der Waals surface area contributed by atoms with Gasteiger partial charge in [0.2, 0.25) is 0 Å². The molecule has 0 radical (unpaired) electrons. The van der Waals surface area contributed by atoms with Crippen LogP contribution in [-0.4, -0.2) is 30.3 Å². The lowest BCUT2D eigenvalue weighted by atomic mass is 9.80. The van der Waals surface area contributed by atoms with E-state index in [1.165, 1.54) is 6.07 Å². The quantitative estimate of drug-likeness (QED) is 0.901. The maximum absolute atomic E-state index is 13.4. The molecule has 1 aromatic rings. The van der Waals surface area contributed by atoms with Crippen molar-refractivity contribution >= 4 is 5.69 Å². The third-order valence-corrected chi connectivity index (χ3v) is 4.30. The molecule has 0 aliphatic carbocycles. The predicted octanol–water partition coefficient (Wildman–Crippen LogP) is 2.78. The molecule has 3 atom stereocenters. The van der Waals surface area contributed by atoms with Crippen molar-refractivity contribution < 1.29 is 9.50 Å². The number of nitrogens with two attached hydrogens (primary N) is 1. The van der Waals surface area contributed by atoms with E-state index < -0.39 is 0 Å². The van der Waals surface area contributed by atoms with Gasteiger partial charge in [0.1, 0.15) is 5.82 Å². The number of hydrogen-bond donors (Lipinski definition) is 2. The monoisotopic (exact) mass is 294 g/mol. The molecular formula is C17H27FN2O. The molecule has 0 aromatic heterocycles. The van der Waals surface area contributed by atoms with Crippen LogP contribution >= 0.6 is 0 Å². The van der Waals surface area contributed by atoms with Gasteiger partial charge in [-0.15, -0.1) is 0 Å². The van der Waals surface area contributed by atoms with Crippen LogP contribution in [0.3, 0.4) is 0 Å². The van der Waals surface area contributed by atoms with E-state index in [1.807, 2.05) is 26.8 Å². The van der Waals surface area contributed by atoms with Crippen LogP contribution in [0.2, 0.25) is 0 Å². The molecule has 0 spiro atoms. The topological polar surface area (TPSA) is 49.5 Å². The molecule has 0 amide bonds. The Morgan fingerprint density at radius 1 is 1.38 bits per heavy atom. The molecule has 3 N–H and O–H groups in total. The average Bonchev–Trinajstić information content (AvgIpc) is 2.37. The molecule has 2 rings (SSSR count).